The van der Waals surface area contributed by atoms with Crippen LogP contribution in [0.15, 0.2) is 18.3 Å². The zero-order valence-electron chi connectivity index (χ0n) is 11.8. The van der Waals surface area contributed by atoms with E-state index >= 15 is 0 Å². The first-order valence-corrected chi connectivity index (χ1v) is 7.44. The van der Waals surface area contributed by atoms with Gasteiger partial charge in [-0.25, -0.2) is 4.98 Å². The second-order valence-corrected chi connectivity index (χ2v) is 5.87. The van der Waals surface area contributed by atoms with Gasteiger partial charge in [-0.15, -0.1) is 0 Å². The number of pyridine rings is 1. The Hall–Kier alpha value is -1.13. The standard InChI is InChI=1S/C15H24N4/c1-12(16)13-4-5-15(17-10-13)19-9-6-14(11-19)18-7-2-3-8-18/h4-5,10,12,14H,2-3,6-9,11,16H2,1H3/t12-,14?/m0/s1. The fourth-order valence-corrected chi connectivity index (χ4v) is 3.21. The highest BCUT2D eigenvalue weighted by Gasteiger charge is 2.29. The lowest BCUT2D eigenvalue weighted by Gasteiger charge is -2.24. The molecular formula is C15H24N4. The molecule has 2 aliphatic rings. The molecule has 2 aliphatic heterocycles. The van der Waals surface area contributed by atoms with Crippen LogP contribution in [0, 0.1) is 0 Å². The first-order valence-electron chi connectivity index (χ1n) is 7.44. The van der Waals surface area contributed by atoms with E-state index in [9.17, 15) is 0 Å². The van der Waals surface area contributed by atoms with Crippen LogP contribution in [0.4, 0.5) is 5.82 Å². The van der Waals surface area contributed by atoms with E-state index in [1.807, 2.05) is 13.1 Å². The Morgan fingerprint density at radius 1 is 1.26 bits per heavy atom. The monoisotopic (exact) mass is 260 g/mol. The van der Waals surface area contributed by atoms with Gasteiger partial charge in [0.15, 0.2) is 0 Å². The minimum atomic E-state index is 0.0671. The second kappa shape index (κ2) is 5.47. The number of nitrogens with two attached hydrogens (primary N) is 1. The van der Waals surface area contributed by atoms with Gasteiger partial charge in [-0.05, 0) is 50.9 Å². The predicted octanol–water partition coefficient (Wildman–Crippen LogP) is 1.78. The summed E-state index contributed by atoms with van der Waals surface area (Å²) >= 11 is 0. The largest absolute Gasteiger partial charge is 0.355 e. The van der Waals surface area contributed by atoms with Crippen molar-refractivity contribution in [2.75, 3.05) is 31.1 Å². The van der Waals surface area contributed by atoms with E-state index in [0.29, 0.717) is 0 Å². The Balaban J connectivity index is 1.63. The number of rotatable bonds is 3. The maximum Gasteiger partial charge on any atom is 0.128 e. The lowest BCUT2D eigenvalue weighted by Crippen LogP contribution is -2.35. The molecule has 0 aromatic carbocycles. The number of likely N-dealkylation sites (tertiary alicyclic amines) is 1. The Bertz CT molecular complexity index is 409. The molecule has 4 nitrogen and oxygen atoms in total. The van der Waals surface area contributed by atoms with Gasteiger partial charge in [0.2, 0.25) is 0 Å². The van der Waals surface area contributed by atoms with Crippen LogP contribution < -0.4 is 10.6 Å². The molecule has 104 valence electrons. The Labute approximate surface area is 115 Å². The van der Waals surface area contributed by atoms with Crippen LogP contribution in [-0.2, 0) is 0 Å². The Morgan fingerprint density at radius 3 is 2.68 bits per heavy atom. The van der Waals surface area contributed by atoms with Gasteiger partial charge >= 0.3 is 0 Å². The van der Waals surface area contributed by atoms with Crippen LogP contribution in [0.3, 0.4) is 0 Å². The summed E-state index contributed by atoms with van der Waals surface area (Å²) < 4.78 is 0. The van der Waals surface area contributed by atoms with Gasteiger partial charge in [-0.1, -0.05) is 6.07 Å². The first-order chi connectivity index (χ1) is 9.24. The minimum absolute atomic E-state index is 0.0671. The molecule has 0 amide bonds. The van der Waals surface area contributed by atoms with Gasteiger partial charge in [0.05, 0.1) is 0 Å². The number of hydrogen-bond donors (Lipinski definition) is 1. The lowest BCUT2D eigenvalue weighted by atomic mass is 10.1. The smallest absolute Gasteiger partial charge is 0.128 e. The highest BCUT2D eigenvalue weighted by atomic mass is 15.3. The molecule has 4 heteroatoms. The summed E-state index contributed by atoms with van der Waals surface area (Å²) in [5, 5.41) is 0. The van der Waals surface area contributed by atoms with Crippen molar-refractivity contribution in [1.29, 1.82) is 0 Å². The van der Waals surface area contributed by atoms with E-state index < -0.39 is 0 Å². The van der Waals surface area contributed by atoms with Crippen molar-refractivity contribution in [3.05, 3.63) is 23.9 Å². The van der Waals surface area contributed by atoms with Gasteiger partial charge < -0.3 is 10.6 Å². The molecule has 2 saturated heterocycles. The van der Waals surface area contributed by atoms with Crippen molar-refractivity contribution >= 4 is 5.82 Å². The molecule has 1 aromatic heterocycles. The van der Waals surface area contributed by atoms with E-state index in [1.54, 1.807) is 0 Å². The number of anilines is 1. The molecule has 2 fully saturated rings. The molecule has 2 atom stereocenters. The molecule has 19 heavy (non-hydrogen) atoms. The van der Waals surface area contributed by atoms with Crippen molar-refractivity contribution in [1.82, 2.24) is 9.88 Å². The fraction of sp³-hybridized carbons (Fsp3) is 0.667. The molecule has 0 bridgehead atoms. The quantitative estimate of drug-likeness (QED) is 0.900. The minimum Gasteiger partial charge on any atom is -0.355 e. The van der Waals surface area contributed by atoms with E-state index in [-0.39, 0.29) is 6.04 Å². The van der Waals surface area contributed by atoms with Crippen LogP contribution in [0.5, 0.6) is 0 Å². The zero-order valence-corrected chi connectivity index (χ0v) is 11.8. The maximum absolute atomic E-state index is 5.86. The van der Waals surface area contributed by atoms with Crippen molar-refractivity contribution in [2.45, 2.75) is 38.3 Å². The van der Waals surface area contributed by atoms with Crippen molar-refractivity contribution < 1.29 is 0 Å². The van der Waals surface area contributed by atoms with E-state index in [0.717, 1.165) is 30.5 Å². The molecule has 3 rings (SSSR count). The van der Waals surface area contributed by atoms with Crippen molar-refractivity contribution in [3.63, 3.8) is 0 Å². The summed E-state index contributed by atoms with van der Waals surface area (Å²) in [5.41, 5.74) is 6.97. The van der Waals surface area contributed by atoms with Crippen LogP contribution in [0.25, 0.3) is 0 Å². The predicted molar refractivity (Wildman–Crippen MR) is 78.3 cm³/mol. The third-order valence-corrected chi connectivity index (χ3v) is 4.44. The van der Waals surface area contributed by atoms with Crippen LogP contribution in [-0.4, -0.2) is 42.1 Å². The summed E-state index contributed by atoms with van der Waals surface area (Å²) in [5.74, 6) is 1.10. The maximum atomic E-state index is 5.86. The molecule has 3 heterocycles. The van der Waals surface area contributed by atoms with Crippen molar-refractivity contribution in [3.8, 4) is 0 Å². The van der Waals surface area contributed by atoms with E-state index in [4.69, 9.17) is 5.73 Å². The third kappa shape index (κ3) is 2.74. The normalized spacial score (nSPS) is 26.0. The van der Waals surface area contributed by atoms with Crippen LogP contribution in [0.1, 0.15) is 37.8 Å². The third-order valence-electron chi connectivity index (χ3n) is 4.44. The van der Waals surface area contributed by atoms with Gasteiger partial charge in [0.1, 0.15) is 5.82 Å². The average Bonchev–Trinajstić information content (AvgIpc) is 3.10. The van der Waals surface area contributed by atoms with Gasteiger partial charge in [0, 0.05) is 31.4 Å². The molecule has 2 N–H and O–H groups in total. The number of aromatic nitrogens is 1. The lowest BCUT2D eigenvalue weighted by molar-refractivity contribution is 0.260. The highest BCUT2D eigenvalue weighted by molar-refractivity contribution is 5.41. The van der Waals surface area contributed by atoms with Gasteiger partial charge in [-0.2, -0.15) is 0 Å². The Kier molecular flexibility index (Phi) is 3.71. The molecular weight excluding hydrogens is 236 g/mol. The molecule has 0 saturated carbocycles. The zero-order chi connectivity index (χ0) is 13.2. The summed E-state index contributed by atoms with van der Waals surface area (Å²) in [4.78, 5) is 9.63. The second-order valence-electron chi connectivity index (χ2n) is 5.87. The summed E-state index contributed by atoms with van der Waals surface area (Å²) in [6, 6.07) is 5.02. The first kappa shape index (κ1) is 12.9. The van der Waals surface area contributed by atoms with E-state index in [2.05, 4.69) is 26.9 Å². The van der Waals surface area contributed by atoms with Crippen molar-refractivity contribution in [2.24, 2.45) is 5.73 Å². The topological polar surface area (TPSA) is 45.4 Å². The summed E-state index contributed by atoms with van der Waals surface area (Å²) in [6.45, 7) is 6.83. The van der Waals surface area contributed by atoms with Crippen LogP contribution in [0.2, 0.25) is 0 Å². The molecule has 0 spiro atoms. The number of hydrogen-bond acceptors (Lipinski definition) is 4. The summed E-state index contributed by atoms with van der Waals surface area (Å²) in [6.07, 6.45) is 5.94. The van der Waals surface area contributed by atoms with Gasteiger partial charge in [-0.3, -0.25) is 4.90 Å². The molecule has 1 aromatic rings. The SMILES string of the molecule is C[C@H](N)c1ccc(N2CCC(N3CCCC3)C2)nc1. The molecule has 0 radical (unpaired) electrons. The summed E-state index contributed by atoms with van der Waals surface area (Å²) in [7, 11) is 0. The fourth-order valence-electron chi connectivity index (χ4n) is 3.21. The van der Waals surface area contributed by atoms with Crippen LogP contribution >= 0.6 is 0 Å². The highest BCUT2D eigenvalue weighted by Crippen LogP contribution is 2.24. The van der Waals surface area contributed by atoms with E-state index in [1.165, 1.54) is 32.4 Å². The molecule has 0 aliphatic carbocycles. The average molecular weight is 260 g/mol. The Morgan fingerprint density at radius 2 is 2.05 bits per heavy atom. The molecule has 1 unspecified atom stereocenters. The number of nitrogens with zero attached hydrogens (tertiary/aromatic N) is 3. The van der Waals surface area contributed by atoms with Gasteiger partial charge in [0.25, 0.3) is 0 Å².